The molecule has 0 rings (SSSR count). The number of carbonyl (C=O) groups excluding carboxylic acids is 1. The van der Waals surface area contributed by atoms with Gasteiger partial charge in [0.05, 0.1) is 9.70 Å². The van der Waals surface area contributed by atoms with Gasteiger partial charge in [0.25, 0.3) is 0 Å². The van der Waals surface area contributed by atoms with Crippen molar-refractivity contribution >= 4 is 31.7 Å². The van der Waals surface area contributed by atoms with Gasteiger partial charge in [-0.1, -0.05) is 0 Å². The summed E-state index contributed by atoms with van der Waals surface area (Å²) in [6.07, 6.45) is 1.15. The Morgan fingerprint density at radius 3 is 2.75 bits per heavy atom. The molecule has 12 heavy (non-hydrogen) atoms. The highest BCUT2D eigenvalue weighted by atomic mass is 33.1. The van der Waals surface area contributed by atoms with E-state index < -0.39 is 14.7 Å². The Hall–Kier alpha value is -1.45. The zero-order chi connectivity index (χ0) is 9.40. The predicted octanol–water partition coefficient (Wildman–Crippen LogP) is 0.732. The number of hydrazone groups is 1. The standard InChI is InChI=1S/C3N4O3S2/c4-1-11-12(6-2-8)3-5-7(9)10. The fraction of sp³-hybridized carbons (Fsp3) is 0. The van der Waals surface area contributed by atoms with E-state index >= 15 is 0 Å². The van der Waals surface area contributed by atoms with Gasteiger partial charge < -0.3 is 0 Å². The quantitative estimate of drug-likeness (QED) is 0.128. The predicted molar refractivity (Wildman–Crippen MR) is 43.3 cm³/mol. The van der Waals surface area contributed by atoms with Crippen LogP contribution in [-0.2, 0) is 4.79 Å². The number of nitriles is 1. The molecule has 1 unspecified atom stereocenters. The second-order valence-corrected chi connectivity index (χ2v) is 3.70. The third-order valence-electron chi connectivity index (χ3n) is 0.437. The molecule has 0 N–H and O–H groups in total. The van der Waals surface area contributed by atoms with E-state index in [1.165, 1.54) is 0 Å². The SMILES string of the molecule is N#CSS(=C=N[N+](=O)[O-])N=C=O. The molecule has 7 nitrogen and oxygen atoms in total. The molecular formula is C3N4O3S2. The van der Waals surface area contributed by atoms with Crippen LogP contribution in [0.1, 0.15) is 0 Å². The van der Waals surface area contributed by atoms with Crippen LogP contribution >= 0.6 is 20.5 Å². The van der Waals surface area contributed by atoms with Gasteiger partial charge in [0.1, 0.15) is 15.7 Å². The first-order valence-corrected chi connectivity index (χ1v) is 4.71. The van der Waals surface area contributed by atoms with Crippen LogP contribution in [0.3, 0.4) is 0 Å². The highest BCUT2D eigenvalue weighted by Gasteiger charge is 1.92. The van der Waals surface area contributed by atoms with Crippen molar-refractivity contribution in [1.82, 2.24) is 0 Å². The maximum atomic E-state index is 9.68. The van der Waals surface area contributed by atoms with Crippen LogP contribution in [-0.4, -0.2) is 16.3 Å². The van der Waals surface area contributed by atoms with Crippen LogP contribution in [0, 0.1) is 20.8 Å². The summed E-state index contributed by atoms with van der Waals surface area (Å²) in [5.41, 5.74) is 0. The fourth-order valence-corrected chi connectivity index (χ4v) is 1.21. The molecule has 0 aromatic carbocycles. The Labute approximate surface area is 72.4 Å². The Morgan fingerprint density at radius 1 is 1.67 bits per heavy atom. The Morgan fingerprint density at radius 2 is 2.33 bits per heavy atom. The van der Waals surface area contributed by atoms with Crippen molar-refractivity contribution in [2.75, 3.05) is 0 Å². The molecule has 9 heteroatoms. The second kappa shape index (κ2) is 6.27. The number of rotatable bonds is 3. The third-order valence-corrected chi connectivity index (χ3v) is 2.29. The first kappa shape index (κ1) is 10.6. The number of nitrogens with zero attached hydrogens (tertiary/aromatic N) is 4. The normalized spacial score (nSPS) is 9.92. The average molecular weight is 204 g/mol. The molecule has 0 fully saturated rings. The summed E-state index contributed by atoms with van der Waals surface area (Å²) >= 11 is 0. The molecule has 0 bridgehead atoms. The number of isothiocyanates is 1. The third kappa shape index (κ3) is 5.34. The largest absolute Gasteiger partial charge is 0.248 e. The molecule has 0 aromatic heterocycles. The molecule has 62 valence electrons. The zero-order valence-electron chi connectivity index (χ0n) is 5.33. The lowest BCUT2D eigenvalue weighted by Gasteiger charge is -1.79. The summed E-state index contributed by atoms with van der Waals surface area (Å²) in [5.74, 6) is 0. The molecule has 0 radical (unpaired) electrons. The van der Waals surface area contributed by atoms with Gasteiger partial charge in [-0.15, -0.1) is 4.40 Å². The van der Waals surface area contributed by atoms with Gasteiger partial charge in [-0.2, -0.15) is 5.26 Å². The van der Waals surface area contributed by atoms with Gasteiger partial charge in [-0.25, -0.2) is 14.9 Å². The van der Waals surface area contributed by atoms with Crippen molar-refractivity contribution in [1.29, 1.82) is 5.26 Å². The lowest BCUT2D eigenvalue weighted by atomic mass is 11.7. The maximum Gasteiger partial charge on any atom is 0.248 e. The molecule has 0 aliphatic heterocycles. The van der Waals surface area contributed by atoms with Gasteiger partial charge in [-0.05, 0) is 0 Å². The van der Waals surface area contributed by atoms with Crippen molar-refractivity contribution in [2.24, 2.45) is 9.50 Å². The van der Waals surface area contributed by atoms with Crippen molar-refractivity contribution in [3.63, 3.8) is 0 Å². The van der Waals surface area contributed by atoms with Gasteiger partial charge in [0.15, 0.2) is 5.03 Å². The molecule has 0 saturated heterocycles. The molecule has 0 saturated carbocycles. The molecule has 0 heterocycles. The average Bonchev–Trinajstić information content (AvgIpc) is 2.01. The number of hydrogen-bond donors (Lipinski definition) is 0. The smallest absolute Gasteiger partial charge is 0.232 e. The van der Waals surface area contributed by atoms with Gasteiger partial charge in [0.2, 0.25) is 6.08 Å². The van der Waals surface area contributed by atoms with Crippen LogP contribution in [0.2, 0.25) is 0 Å². The number of hydrogen-bond acceptors (Lipinski definition) is 6. The summed E-state index contributed by atoms with van der Waals surface area (Å²) in [7, 11) is -0.809. The van der Waals surface area contributed by atoms with Crippen LogP contribution in [0.15, 0.2) is 9.50 Å². The van der Waals surface area contributed by atoms with Gasteiger partial charge in [0, 0.05) is 10.8 Å². The maximum absolute atomic E-state index is 9.68. The monoisotopic (exact) mass is 204 g/mol. The minimum atomic E-state index is -1.35. The highest BCUT2D eigenvalue weighted by Crippen LogP contribution is 2.28. The molecule has 0 amide bonds. The number of thiocyanates is 1. The molecular weight excluding hydrogens is 204 g/mol. The van der Waals surface area contributed by atoms with Gasteiger partial charge >= 0.3 is 0 Å². The van der Waals surface area contributed by atoms with E-state index in [0.717, 1.165) is 6.08 Å². The first-order chi connectivity index (χ1) is 5.70. The van der Waals surface area contributed by atoms with Crippen molar-refractivity contribution in [3.8, 4) is 5.40 Å². The Balaban J connectivity index is 4.73. The lowest BCUT2D eigenvalue weighted by Crippen LogP contribution is -1.80. The van der Waals surface area contributed by atoms with E-state index in [9.17, 15) is 14.9 Å². The van der Waals surface area contributed by atoms with E-state index in [2.05, 4.69) is 9.50 Å². The minimum Gasteiger partial charge on any atom is -0.232 e. The van der Waals surface area contributed by atoms with Crippen LogP contribution in [0.25, 0.3) is 0 Å². The summed E-state index contributed by atoms with van der Waals surface area (Å²) < 4.78 is 3.04. The van der Waals surface area contributed by atoms with Crippen molar-refractivity contribution < 1.29 is 9.83 Å². The molecule has 0 spiro atoms. The Kier molecular flexibility index (Phi) is 5.51. The molecule has 0 aromatic rings. The van der Waals surface area contributed by atoms with Crippen LogP contribution in [0.4, 0.5) is 0 Å². The topological polar surface area (TPSA) is 109 Å². The Bertz CT molecular complexity index is 332. The number of isocyanates is 1. The van der Waals surface area contributed by atoms with Gasteiger partial charge in [-0.3, -0.25) is 0 Å². The van der Waals surface area contributed by atoms with Crippen molar-refractivity contribution in [2.45, 2.75) is 0 Å². The minimum absolute atomic E-state index is 0.538. The number of nitro groups is 1. The van der Waals surface area contributed by atoms with Crippen LogP contribution in [0.5, 0.6) is 0 Å². The summed E-state index contributed by atoms with van der Waals surface area (Å²) in [6, 6.07) is 0. The van der Waals surface area contributed by atoms with Crippen LogP contribution < -0.4 is 0 Å². The highest BCUT2D eigenvalue weighted by molar-refractivity contribution is 8.84. The summed E-state index contributed by atoms with van der Waals surface area (Å²) in [4.78, 5) is 19.3. The molecule has 0 aliphatic rings. The second-order valence-electron chi connectivity index (χ2n) is 1.04. The zero-order valence-corrected chi connectivity index (χ0v) is 6.96. The fourth-order valence-electron chi connectivity index (χ4n) is 0.195. The lowest BCUT2D eigenvalue weighted by molar-refractivity contribution is -0.483. The molecule has 0 aliphatic carbocycles. The van der Waals surface area contributed by atoms with E-state index in [4.69, 9.17) is 5.26 Å². The summed E-state index contributed by atoms with van der Waals surface area (Å²) in [5, 5.41) is 22.8. The van der Waals surface area contributed by atoms with Crippen molar-refractivity contribution in [3.05, 3.63) is 10.1 Å². The molecule has 1 atom stereocenters. The van der Waals surface area contributed by atoms with E-state index in [1.54, 1.807) is 5.40 Å². The van der Waals surface area contributed by atoms with E-state index in [1.807, 2.05) is 5.16 Å². The van der Waals surface area contributed by atoms with E-state index in [0.29, 0.717) is 10.8 Å². The first-order valence-electron chi connectivity index (χ1n) is 2.20. The summed E-state index contributed by atoms with van der Waals surface area (Å²) in [6.45, 7) is 0. The van der Waals surface area contributed by atoms with E-state index in [-0.39, 0.29) is 0 Å².